The van der Waals surface area contributed by atoms with Crippen LogP contribution in [0.5, 0.6) is 5.75 Å². The van der Waals surface area contributed by atoms with Crippen molar-refractivity contribution in [3.63, 3.8) is 0 Å². The number of halogens is 1. The Hall–Kier alpha value is -1.30. The number of hydrogen-bond acceptors (Lipinski definition) is 4. The maximum atomic E-state index is 12.2. The first kappa shape index (κ1) is 18.0. The van der Waals surface area contributed by atoms with Gasteiger partial charge in [-0.25, -0.2) is 0 Å². The van der Waals surface area contributed by atoms with Crippen LogP contribution in [0, 0.1) is 0 Å². The molecule has 0 bridgehead atoms. The first-order valence-corrected chi connectivity index (χ1v) is 8.57. The smallest absolute Gasteiger partial charge is 0.261 e. The molecule has 1 fully saturated rings. The molecule has 6 heteroatoms. The molecule has 1 aromatic rings. The van der Waals surface area contributed by atoms with E-state index >= 15 is 0 Å². The highest BCUT2D eigenvalue weighted by Crippen LogP contribution is 2.24. The van der Waals surface area contributed by atoms with E-state index in [4.69, 9.17) is 21.1 Å². The van der Waals surface area contributed by atoms with Crippen molar-refractivity contribution < 1.29 is 14.3 Å². The normalized spacial score (nSPS) is 16.8. The van der Waals surface area contributed by atoms with Crippen LogP contribution in [0.25, 0.3) is 0 Å². The topological polar surface area (TPSA) is 50.8 Å². The van der Waals surface area contributed by atoms with Gasteiger partial charge < -0.3 is 14.8 Å². The lowest BCUT2D eigenvalue weighted by atomic mass is 10.2. The summed E-state index contributed by atoms with van der Waals surface area (Å²) in [4.78, 5) is 14.6. The SMILES string of the molecule is CC[C@@H](Oc1ccccc1Cl)C(=O)NCCCN1CCOCC1. The van der Waals surface area contributed by atoms with Crippen LogP contribution in [0.15, 0.2) is 24.3 Å². The summed E-state index contributed by atoms with van der Waals surface area (Å²) >= 11 is 6.07. The molecule has 2 rings (SSSR count). The molecule has 0 spiro atoms. The molecule has 0 saturated carbocycles. The predicted octanol–water partition coefficient (Wildman–Crippen LogP) is 2.34. The molecule has 0 radical (unpaired) electrons. The quantitative estimate of drug-likeness (QED) is 0.738. The van der Waals surface area contributed by atoms with E-state index in [0.29, 0.717) is 23.7 Å². The number of para-hydroxylation sites is 1. The molecule has 1 atom stereocenters. The largest absolute Gasteiger partial charge is 0.479 e. The van der Waals surface area contributed by atoms with Gasteiger partial charge in [0.1, 0.15) is 5.75 Å². The Labute approximate surface area is 142 Å². The minimum Gasteiger partial charge on any atom is -0.479 e. The van der Waals surface area contributed by atoms with Gasteiger partial charge in [-0.1, -0.05) is 30.7 Å². The summed E-state index contributed by atoms with van der Waals surface area (Å²) in [5.74, 6) is 0.457. The Morgan fingerprint density at radius 1 is 1.39 bits per heavy atom. The summed E-state index contributed by atoms with van der Waals surface area (Å²) in [6.45, 7) is 7.10. The molecule has 1 aliphatic rings. The van der Waals surface area contributed by atoms with Gasteiger partial charge in [0.15, 0.2) is 6.10 Å². The number of nitrogens with one attached hydrogen (secondary N) is 1. The van der Waals surface area contributed by atoms with Gasteiger partial charge >= 0.3 is 0 Å². The molecule has 23 heavy (non-hydrogen) atoms. The lowest BCUT2D eigenvalue weighted by Crippen LogP contribution is -2.41. The van der Waals surface area contributed by atoms with Crippen molar-refractivity contribution >= 4 is 17.5 Å². The highest BCUT2D eigenvalue weighted by Gasteiger charge is 2.19. The summed E-state index contributed by atoms with van der Waals surface area (Å²) < 4.78 is 11.1. The van der Waals surface area contributed by atoms with Gasteiger partial charge in [0.05, 0.1) is 18.2 Å². The summed E-state index contributed by atoms with van der Waals surface area (Å²) in [7, 11) is 0. The summed E-state index contributed by atoms with van der Waals surface area (Å²) in [5.41, 5.74) is 0. The van der Waals surface area contributed by atoms with Gasteiger partial charge in [0, 0.05) is 19.6 Å². The zero-order valence-electron chi connectivity index (χ0n) is 13.6. The molecule has 5 nitrogen and oxygen atoms in total. The highest BCUT2D eigenvalue weighted by atomic mass is 35.5. The molecule has 1 saturated heterocycles. The molecule has 1 aliphatic heterocycles. The number of hydrogen-bond donors (Lipinski definition) is 1. The third kappa shape index (κ3) is 6.01. The molecular formula is C17H25ClN2O3. The minimum atomic E-state index is -0.515. The Bertz CT molecular complexity index is 492. The Morgan fingerprint density at radius 3 is 2.83 bits per heavy atom. The van der Waals surface area contributed by atoms with Crippen LogP contribution in [0.1, 0.15) is 19.8 Å². The van der Waals surface area contributed by atoms with Crippen LogP contribution in [-0.4, -0.2) is 56.3 Å². The second kappa shape index (κ2) is 9.75. The van der Waals surface area contributed by atoms with E-state index in [1.165, 1.54) is 0 Å². The van der Waals surface area contributed by atoms with Gasteiger partial charge in [0.2, 0.25) is 0 Å². The third-order valence-electron chi connectivity index (χ3n) is 3.82. The zero-order valence-corrected chi connectivity index (χ0v) is 14.3. The lowest BCUT2D eigenvalue weighted by Gasteiger charge is -2.26. The van der Waals surface area contributed by atoms with E-state index in [-0.39, 0.29) is 5.91 Å². The Kier molecular flexibility index (Phi) is 7.65. The van der Waals surface area contributed by atoms with E-state index in [1.807, 2.05) is 19.1 Å². The Morgan fingerprint density at radius 2 is 2.13 bits per heavy atom. The number of amides is 1. The molecule has 1 N–H and O–H groups in total. The molecular weight excluding hydrogens is 316 g/mol. The van der Waals surface area contributed by atoms with Crippen LogP contribution in [0.3, 0.4) is 0 Å². The first-order valence-electron chi connectivity index (χ1n) is 8.19. The van der Waals surface area contributed by atoms with Crippen molar-refractivity contribution in [2.24, 2.45) is 0 Å². The second-order valence-electron chi connectivity index (χ2n) is 5.54. The third-order valence-corrected chi connectivity index (χ3v) is 4.14. The fourth-order valence-corrected chi connectivity index (χ4v) is 2.65. The number of nitrogens with zero attached hydrogens (tertiary/aromatic N) is 1. The number of morpholine rings is 1. The highest BCUT2D eigenvalue weighted by molar-refractivity contribution is 6.32. The second-order valence-corrected chi connectivity index (χ2v) is 5.95. The molecule has 128 valence electrons. The lowest BCUT2D eigenvalue weighted by molar-refractivity contribution is -0.128. The molecule has 1 heterocycles. The molecule has 0 aromatic heterocycles. The Balaban J connectivity index is 1.71. The fourth-order valence-electron chi connectivity index (χ4n) is 2.47. The van der Waals surface area contributed by atoms with Crippen molar-refractivity contribution in [1.82, 2.24) is 10.2 Å². The van der Waals surface area contributed by atoms with Crippen molar-refractivity contribution in [3.8, 4) is 5.75 Å². The van der Waals surface area contributed by atoms with Crippen molar-refractivity contribution in [2.75, 3.05) is 39.4 Å². The number of carbonyl (C=O) groups excluding carboxylic acids is 1. The number of ether oxygens (including phenoxy) is 2. The molecule has 1 aromatic carbocycles. The van der Waals surface area contributed by atoms with Crippen molar-refractivity contribution in [1.29, 1.82) is 0 Å². The van der Waals surface area contributed by atoms with Gasteiger partial charge in [-0.15, -0.1) is 0 Å². The summed E-state index contributed by atoms with van der Waals surface area (Å²) in [5, 5.41) is 3.47. The van der Waals surface area contributed by atoms with E-state index in [2.05, 4.69) is 10.2 Å². The molecule has 1 amide bonds. The summed E-state index contributed by atoms with van der Waals surface area (Å²) in [6.07, 6.45) is 1.01. The average Bonchev–Trinajstić information content (AvgIpc) is 2.59. The molecule has 0 aliphatic carbocycles. The average molecular weight is 341 g/mol. The number of carbonyl (C=O) groups is 1. The standard InChI is InChI=1S/C17H25ClN2O3/c1-2-15(23-16-7-4-3-6-14(16)18)17(21)19-8-5-9-20-10-12-22-13-11-20/h3-4,6-7,15H,2,5,8-13H2,1H3,(H,19,21)/t15-/m1/s1. The van der Waals surface area contributed by atoms with Crippen LogP contribution in [0.4, 0.5) is 0 Å². The van der Waals surface area contributed by atoms with E-state index in [9.17, 15) is 4.79 Å². The van der Waals surface area contributed by atoms with Gasteiger partial charge in [-0.2, -0.15) is 0 Å². The van der Waals surface area contributed by atoms with Crippen LogP contribution in [-0.2, 0) is 9.53 Å². The maximum Gasteiger partial charge on any atom is 0.261 e. The van der Waals surface area contributed by atoms with E-state index in [0.717, 1.165) is 39.3 Å². The van der Waals surface area contributed by atoms with E-state index in [1.54, 1.807) is 12.1 Å². The maximum absolute atomic E-state index is 12.2. The van der Waals surface area contributed by atoms with Gasteiger partial charge in [-0.3, -0.25) is 9.69 Å². The predicted molar refractivity (Wildman–Crippen MR) is 91.0 cm³/mol. The molecule has 0 unspecified atom stereocenters. The van der Waals surface area contributed by atoms with Crippen LogP contribution >= 0.6 is 11.6 Å². The minimum absolute atomic E-state index is 0.0885. The van der Waals surface area contributed by atoms with Crippen LogP contribution < -0.4 is 10.1 Å². The van der Waals surface area contributed by atoms with Gasteiger partial charge in [-0.05, 0) is 31.5 Å². The monoisotopic (exact) mass is 340 g/mol. The van der Waals surface area contributed by atoms with E-state index < -0.39 is 6.10 Å². The zero-order chi connectivity index (χ0) is 16.5. The van der Waals surface area contributed by atoms with Crippen molar-refractivity contribution in [2.45, 2.75) is 25.9 Å². The first-order chi connectivity index (χ1) is 11.2. The summed E-state index contributed by atoms with van der Waals surface area (Å²) in [6, 6.07) is 7.20. The van der Waals surface area contributed by atoms with Gasteiger partial charge in [0.25, 0.3) is 5.91 Å². The van der Waals surface area contributed by atoms with Crippen molar-refractivity contribution in [3.05, 3.63) is 29.3 Å². The number of rotatable bonds is 8. The fraction of sp³-hybridized carbons (Fsp3) is 0.588. The van der Waals surface area contributed by atoms with Crippen LogP contribution in [0.2, 0.25) is 5.02 Å². The number of benzene rings is 1.